The number of aryl methyl sites for hydroxylation is 1. The Morgan fingerprint density at radius 2 is 2.04 bits per heavy atom. The van der Waals surface area contributed by atoms with Gasteiger partial charge < -0.3 is 9.64 Å². The molecule has 1 aliphatic heterocycles. The van der Waals surface area contributed by atoms with E-state index in [1.807, 2.05) is 0 Å². The van der Waals surface area contributed by atoms with Gasteiger partial charge in [-0.3, -0.25) is 4.68 Å². The van der Waals surface area contributed by atoms with Gasteiger partial charge >= 0.3 is 6.18 Å². The molecule has 4 nitrogen and oxygen atoms in total. The molecular weight excluding hydrogens is 307 g/mol. The maximum atomic E-state index is 12.8. The molecule has 130 valence electrons. The molecule has 1 saturated heterocycles. The van der Waals surface area contributed by atoms with E-state index in [0.29, 0.717) is 12.5 Å². The second kappa shape index (κ2) is 6.00. The second-order valence-corrected chi connectivity index (χ2v) is 7.18. The zero-order valence-corrected chi connectivity index (χ0v) is 13.7. The van der Waals surface area contributed by atoms with E-state index in [2.05, 4.69) is 16.9 Å². The molecule has 1 aliphatic carbocycles. The summed E-state index contributed by atoms with van der Waals surface area (Å²) in [5, 5.41) is 3.83. The van der Waals surface area contributed by atoms with Crippen molar-refractivity contribution in [3.8, 4) is 5.88 Å². The number of aromatic nitrogens is 2. The van der Waals surface area contributed by atoms with Crippen molar-refractivity contribution in [2.24, 2.45) is 18.4 Å². The van der Waals surface area contributed by atoms with Gasteiger partial charge in [0.1, 0.15) is 5.69 Å². The number of nitrogens with zero attached hydrogens (tertiary/aromatic N) is 3. The van der Waals surface area contributed by atoms with Gasteiger partial charge in [-0.05, 0) is 44.7 Å². The molecule has 2 atom stereocenters. The van der Waals surface area contributed by atoms with Crippen LogP contribution in [0.3, 0.4) is 0 Å². The van der Waals surface area contributed by atoms with Gasteiger partial charge in [0.2, 0.25) is 5.88 Å². The average molecular weight is 331 g/mol. The first-order valence-corrected chi connectivity index (χ1v) is 8.24. The van der Waals surface area contributed by atoms with E-state index < -0.39 is 11.9 Å². The highest BCUT2D eigenvalue weighted by atomic mass is 19.4. The Balaban J connectivity index is 1.57. The van der Waals surface area contributed by atoms with E-state index in [1.165, 1.54) is 39.4 Å². The van der Waals surface area contributed by atoms with Crippen LogP contribution in [0.4, 0.5) is 13.2 Å². The Morgan fingerprint density at radius 3 is 2.57 bits per heavy atom. The van der Waals surface area contributed by atoms with Crippen molar-refractivity contribution < 1.29 is 17.9 Å². The van der Waals surface area contributed by atoms with Crippen LogP contribution in [-0.2, 0) is 13.2 Å². The highest BCUT2D eigenvalue weighted by Crippen LogP contribution is 2.47. The molecule has 3 rings (SSSR count). The molecule has 7 heteroatoms. The van der Waals surface area contributed by atoms with Crippen molar-refractivity contribution >= 4 is 0 Å². The van der Waals surface area contributed by atoms with Crippen LogP contribution in [0.5, 0.6) is 5.88 Å². The molecule has 1 saturated carbocycles. The average Bonchev–Trinajstić information content (AvgIpc) is 3.09. The molecule has 1 aromatic rings. The van der Waals surface area contributed by atoms with E-state index in [1.54, 1.807) is 0 Å². The van der Waals surface area contributed by atoms with Crippen LogP contribution >= 0.6 is 0 Å². The summed E-state index contributed by atoms with van der Waals surface area (Å²) in [7, 11) is 1.29. The summed E-state index contributed by atoms with van der Waals surface area (Å²) < 4.78 is 44.8. The minimum absolute atomic E-state index is 0.0402. The SMILES string of the molecule is Cn1nc(OCC2(C)CC[C@H]2CN2CCCC2)cc1C(F)(F)F. The lowest BCUT2D eigenvalue weighted by atomic mass is 9.61. The monoisotopic (exact) mass is 331 g/mol. The summed E-state index contributed by atoms with van der Waals surface area (Å²) in [5.74, 6) is 0.624. The Bertz CT molecular complexity index is 551. The summed E-state index contributed by atoms with van der Waals surface area (Å²) in [6.45, 7) is 6.02. The molecular formula is C16H24F3N3O. The van der Waals surface area contributed by atoms with Crippen molar-refractivity contribution in [2.75, 3.05) is 26.2 Å². The molecule has 0 amide bonds. The van der Waals surface area contributed by atoms with E-state index in [9.17, 15) is 13.2 Å². The molecule has 0 radical (unpaired) electrons. The lowest BCUT2D eigenvalue weighted by Crippen LogP contribution is -2.47. The molecule has 1 unspecified atom stereocenters. The highest BCUT2D eigenvalue weighted by Gasteiger charge is 2.44. The van der Waals surface area contributed by atoms with Gasteiger partial charge in [-0.15, -0.1) is 5.10 Å². The number of ether oxygens (including phenoxy) is 1. The number of rotatable bonds is 5. The number of alkyl halides is 3. The van der Waals surface area contributed by atoms with Crippen LogP contribution < -0.4 is 4.74 Å². The zero-order valence-electron chi connectivity index (χ0n) is 13.7. The summed E-state index contributed by atoms with van der Waals surface area (Å²) in [6, 6.07) is 0.984. The quantitative estimate of drug-likeness (QED) is 0.829. The number of hydrogen-bond acceptors (Lipinski definition) is 3. The van der Waals surface area contributed by atoms with Gasteiger partial charge in [-0.25, -0.2) is 0 Å². The lowest BCUT2D eigenvalue weighted by Gasteiger charge is -2.48. The topological polar surface area (TPSA) is 30.3 Å². The fraction of sp³-hybridized carbons (Fsp3) is 0.812. The molecule has 23 heavy (non-hydrogen) atoms. The third-order valence-electron chi connectivity index (χ3n) is 5.42. The number of halogens is 3. The standard InChI is InChI=1S/C16H24F3N3O/c1-15(6-5-12(15)10-22-7-3-4-8-22)11-23-14-9-13(16(17,18)19)21(2)20-14/h9,12H,3-8,10-11H2,1-2H3/t12-,15?/m0/s1. The highest BCUT2D eigenvalue weighted by molar-refractivity contribution is 5.18. The van der Waals surface area contributed by atoms with E-state index in [4.69, 9.17) is 4.74 Å². The van der Waals surface area contributed by atoms with Gasteiger partial charge in [0.15, 0.2) is 0 Å². The zero-order chi connectivity index (χ0) is 16.7. The summed E-state index contributed by atoms with van der Waals surface area (Å²) in [6.07, 6.45) is 0.376. The third kappa shape index (κ3) is 3.49. The maximum absolute atomic E-state index is 12.8. The van der Waals surface area contributed by atoms with Crippen molar-refractivity contribution in [3.63, 3.8) is 0 Å². The Labute approximate surface area is 134 Å². The first-order chi connectivity index (χ1) is 10.8. The van der Waals surface area contributed by atoms with Crippen molar-refractivity contribution in [1.82, 2.24) is 14.7 Å². The van der Waals surface area contributed by atoms with Gasteiger partial charge in [0.05, 0.1) is 6.61 Å². The smallest absolute Gasteiger partial charge is 0.433 e. The van der Waals surface area contributed by atoms with Crippen LogP contribution in [0.1, 0.15) is 38.3 Å². The van der Waals surface area contributed by atoms with Crippen molar-refractivity contribution in [3.05, 3.63) is 11.8 Å². The molecule has 2 fully saturated rings. The number of hydrogen-bond donors (Lipinski definition) is 0. The molecule has 0 N–H and O–H groups in total. The van der Waals surface area contributed by atoms with Crippen LogP contribution in [-0.4, -0.2) is 40.9 Å². The molecule has 0 bridgehead atoms. The predicted molar refractivity (Wildman–Crippen MR) is 80.2 cm³/mol. The summed E-state index contributed by atoms with van der Waals surface area (Å²) in [4.78, 5) is 2.49. The van der Waals surface area contributed by atoms with E-state index >= 15 is 0 Å². The first-order valence-electron chi connectivity index (χ1n) is 8.24. The Hall–Kier alpha value is -1.24. The molecule has 0 spiro atoms. The Kier molecular flexibility index (Phi) is 4.33. The van der Waals surface area contributed by atoms with Gasteiger partial charge in [0, 0.05) is 25.1 Å². The fourth-order valence-electron chi connectivity index (χ4n) is 3.64. The van der Waals surface area contributed by atoms with Gasteiger partial charge in [0.25, 0.3) is 0 Å². The van der Waals surface area contributed by atoms with E-state index in [-0.39, 0.29) is 11.3 Å². The minimum atomic E-state index is -4.40. The van der Waals surface area contributed by atoms with E-state index in [0.717, 1.165) is 23.7 Å². The second-order valence-electron chi connectivity index (χ2n) is 7.18. The summed E-state index contributed by atoms with van der Waals surface area (Å²) in [5.41, 5.74) is -0.738. The summed E-state index contributed by atoms with van der Waals surface area (Å²) >= 11 is 0. The van der Waals surface area contributed by atoms with Crippen molar-refractivity contribution in [1.29, 1.82) is 0 Å². The first kappa shape index (κ1) is 16.6. The minimum Gasteiger partial charge on any atom is -0.476 e. The van der Waals surface area contributed by atoms with Gasteiger partial charge in [-0.2, -0.15) is 13.2 Å². The normalized spacial score (nSPS) is 28.8. The largest absolute Gasteiger partial charge is 0.476 e. The fourth-order valence-corrected chi connectivity index (χ4v) is 3.64. The van der Waals surface area contributed by atoms with Crippen LogP contribution in [0.25, 0.3) is 0 Å². The lowest BCUT2D eigenvalue weighted by molar-refractivity contribution is -0.143. The molecule has 2 heterocycles. The predicted octanol–water partition coefficient (Wildman–Crippen LogP) is 3.33. The number of likely N-dealkylation sites (tertiary alicyclic amines) is 1. The Morgan fingerprint density at radius 1 is 1.35 bits per heavy atom. The van der Waals surface area contributed by atoms with Gasteiger partial charge in [-0.1, -0.05) is 6.92 Å². The van der Waals surface area contributed by atoms with Crippen LogP contribution in [0, 0.1) is 11.3 Å². The maximum Gasteiger partial charge on any atom is 0.433 e. The third-order valence-corrected chi connectivity index (χ3v) is 5.42. The molecule has 1 aromatic heterocycles. The van der Waals surface area contributed by atoms with Crippen molar-refractivity contribution in [2.45, 2.75) is 38.8 Å². The van der Waals surface area contributed by atoms with Crippen LogP contribution in [0.15, 0.2) is 6.07 Å². The van der Waals surface area contributed by atoms with Crippen LogP contribution in [0.2, 0.25) is 0 Å². The molecule has 0 aromatic carbocycles. The molecule has 2 aliphatic rings.